The van der Waals surface area contributed by atoms with Crippen LogP contribution in [0.1, 0.15) is 5.56 Å². The topological polar surface area (TPSA) is 5.90 Å². The van der Waals surface area contributed by atoms with Crippen LogP contribution < -0.4 is 3.94 Å². The second-order valence-corrected chi connectivity index (χ2v) is 3.25. The fourth-order valence-corrected chi connectivity index (χ4v) is 1.03. The SMILES string of the molecule is Cl[N+](Cl)CCc1ccccc1. The summed E-state index contributed by atoms with van der Waals surface area (Å²) in [6.45, 7) is 0.660. The summed E-state index contributed by atoms with van der Waals surface area (Å²) in [6.07, 6.45) is 0.883. The number of halogens is 2. The van der Waals surface area contributed by atoms with Gasteiger partial charge in [-0.25, -0.2) is 0 Å². The minimum atomic E-state index is 0.660. The van der Waals surface area contributed by atoms with Gasteiger partial charge in [0.15, 0.2) is 6.54 Å². The molecule has 0 aliphatic heterocycles. The molecule has 1 aromatic rings. The van der Waals surface area contributed by atoms with Gasteiger partial charge in [-0.15, -0.1) is 0 Å². The Hall–Kier alpha value is -0.240. The lowest BCUT2D eigenvalue weighted by Crippen LogP contribution is -2.08. The van der Waals surface area contributed by atoms with E-state index in [4.69, 9.17) is 23.6 Å². The maximum Gasteiger partial charge on any atom is 0.250 e. The molecule has 0 amide bonds. The molecule has 0 aromatic heterocycles. The van der Waals surface area contributed by atoms with Crippen molar-refractivity contribution in [2.24, 2.45) is 0 Å². The lowest BCUT2D eigenvalue weighted by Gasteiger charge is -1.94. The first-order valence-electron chi connectivity index (χ1n) is 3.42. The predicted octanol–water partition coefficient (Wildman–Crippen LogP) is 2.68. The highest BCUT2D eigenvalue weighted by molar-refractivity contribution is 6.36. The molecular formula is C8H9Cl2N+. The number of hydrogen-bond acceptors (Lipinski definition) is 1. The van der Waals surface area contributed by atoms with Gasteiger partial charge in [0.1, 0.15) is 0 Å². The van der Waals surface area contributed by atoms with Gasteiger partial charge in [-0.3, -0.25) is 0 Å². The normalized spacial score (nSPS) is 10.5. The maximum atomic E-state index is 5.43. The Kier molecular flexibility index (Phi) is 3.70. The van der Waals surface area contributed by atoms with Crippen molar-refractivity contribution in [1.82, 2.24) is 3.94 Å². The molecule has 3 heteroatoms. The van der Waals surface area contributed by atoms with Crippen molar-refractivity contribution in [1.29, 1.82) is 0 Å². The quantitative estimate of drug-likeness (QED) is 0.646. The van der Waals surface area contributed by atoms with Crippen LogP contribution in [-0.2, 0) is 6.42 Å². The van der Waals surface area contributed by atoms with Crippen LogP contribution in [0.5, 0.6) is 0 Å². The summed E-state index contributed by atoms with van der Waals surface area (Å²) >= 11 is 10.9. The van der Waals surface area contributed by atoms with E-state index in [9.17, 15) is 0 Å². The van der Waals surface area contributed by atoms with E-state index in [1.54, 1.807) is 0 Å². The van der Waals surface area contributed by atoms with Crippen molar-refractivity contribution in [3.05, 3.63) is 35.9 Å². The maximum absolute atomic E-state index is 5.43. The van der Waals surface area contributed by atoms with Crippen LogP contribution >= 0.6 is 23.6 Å². The molecule has 0 heterocycles. The van der Waals surface area contributed by atoms with E-state index in [0.29, 0.717) is 6.54 Å². The summed E-state index contributed by atoms with van der Waals surface area (Å²) in [7, 11) is 0. The Balaban J connectivity index is 2.39. The van der Waals surface area contributed by atoms with Crippen molar-refractivity contribution in [2.45, 2.75) is 6.42 Å². The Morgan fingerprint density at radius 3 is 2.27 bits per heavy atom. The van der Waals surface area contributed by atoms with Crippen LogP contribution in [0.4, 0.5) is 0 Å². The van der Waals surface area contributed by atoms with E-state index in [2.05, 4.69) is 12.1 Å². The highest BCUT2D eigenvalue weighted by Crippen LogP contribution is 2.02. The standard InChI is InChI=1S/C8H9Cl2N/c9-11(10)7-6-8-4-2-1-3-5-8/h1-5H,6-7H2/q+1. The molecule has 0 unspecified atom stereocenters. The van der Waals surface area contributed by atoms with Crippen molar-refractivity contribution >= 4 is 23.6 Å². The van der Waals surface area contributed by atoms with E-state index >= 15 is 0 Å². The van der Waals surface area contributed by atoms with E-state index in [0.717, 1.165) is 10.4 Å². The second kappa shape index (κ2) is 4.60. The Morgan fingerprint density at radius 1 is 1.09 bits per heavy atom. The van der Waals surface area contributed by atoms with Crippen molar-refractivity contribution in [3.63, 3.8) is 0 Å². The number of nitrogens with zero attached hydrogens (tertiary/aromatic N) is 1. The largest absolute Gasteiger partial charge is 0.250 e. The average molecular weight is 190 g/mol. The van der Waals surface area contributed by atoms with Gasteiger partial charge < -0.3 is 0 Å². The molecule has 0 atom stereocenters. The highest BCUT2D eigenvalue weighted by Gasteiger charge is 2.07. The van der Waals surface area contributed by atoms with E-state index in [1.165, 1.54) is 5.56 Å². The van der Waals surface area contributed by atoms with E-state index < -0.39 is 0 Å². The molecule has 0 aliphatic carbocycles. The smallest absolute Gasteiger partial charge is 0.0622 e. The molecular weight excluding hydrogens is 181 g/mol. The van der Waals surface area contributed by atoms with Crippen LogP contribution in [0, 0.1) is 0 Å². The molecule has 0 aliphatic rings. The zero-order valence-electron chi connectivity index (χ0n) is 6.00. The third-order valence-corrected chi connectivity index (χ3v) is 1.75. The van der Waals surface area contributed by atoms with Gasteiger partial charge in [0.25, 0.3) is 0 Å². The lowest BCUT2D eigenvalue weighted by atomic mass is 10.2. The second-order valence-electron chi connectivity index (χ2n) is 2.26. The molecule has 1 rings (SSSR count). The molecule has 1 nitrogen and oxygen atoms in total. The van der Waals surface area contributed by atoms with E-state index in [1.807, 2.05) is 18.2 Å². The summed E-state index contributed by atoms with van der Waals surface area (Å²) in [5.41, 5.74) is 1.25. The monoisotopic (exact) mass is 189 g/mol. The third kappa shape index (κ3) is 3.61. The zero-order chi connectivity index (χ0) is 8.10. The number of benzene rings is 1. The van der Waals surface area contributed by atoms with Crippen LogP contribution in [0.3, 0.4) is 0 Å². The molecule has 1 radical (unpaired) electrons. The third-order valence-electron chi connectivity index (χ3n) is 1.41. The van der Waals surface area contributed by atoms with Gasteiger partial charge >= 0.3 is 0 Å². The van der Waals surface area contributed by atoms with Crippen molar-refractivity contribution in [3.8, 4) is 0 Å². The van der Waals surface area contributed by atoms with E-state index in [-0.39, 0.29) is 0 Å². The number of hydrogen-bond donors (Lipinski definition) is 0. The molecule has 1 aromatic carbocycles. The molecule has 0 spiro atoms. The van der Waals surface area contributed by atoms with Gasteiger partial charge in [-0.2, -0.15) is 0 Å². The van der Waals surface area contributed by atoms with Gasteiger partial charge in [0, 0.05) is 6.42 Å². The Morgan fingerprint density at radius 2 is 1.73 bits per heavy atom. The molecule has 0 saturated heterocycles. The molecule has 11 heavy (non-hydrogen) atoms. The Labute approximate surface area is 76.8 Å². The van der Waals surface area contributed by atoms with Crippen molar-refractivity contribution < 1.29 is 0 Å². The van der Waals surface area contributed by atoms with Crippen LogP contribution in [0.2, 0.25) is 0 Å². The molecule has 0 saturated carbocycles. The van der Waals surface area contributed by atoms with Gasteiger partial charge in [0.05, 0.1) is 3.94 Å². The lowest BCUT2D eigenvalue weighted by molar-refractivity contribution is 0.821. The summed E-state index contributed by atoms with van der Waals surface area (Å²) in [6, 6.07) is 10.1. The molecule has 59 valence electrons. The van der Waals surface area contributed by atoms with Crippen LogP contribution in [0.25, 0.3) is 0 Å². The van der Waals surface area contributed by atoms with Crippen LogP contribution in [0.15, 0.2) is 30.3 Å². The summed E-state index contributed by atoms with van der Waals surface area (Å²) in [5, 5.41) is 0. The summed E-state index contributed by atoms with van der Waals surface area (Å²) in [5.74, 6) is 0. The minimum Gasteiger partial charge on any atom is -0.0622 e. The fourth-order valence-electron chi connectivity index (χ4n) is 0.858. The molecule has 0 N–H and O–H groups in total. The van der Waals surface area contributed by atoms with Crippen LogP contribution in [-0.4, -0.2) is 6.54 Å². The predicted molar refractivity (Wildman–Crippen MR) is 48.9 cm³/mol. The summed E-state index contributed by atoms with van der Waals surface area (Å²) < 4.78 is 1.15. The highest BCUT2D eigenvalue weighted by atomic mass is 35.5. The molecule has 0 bridgehead atoms. The first kappa shape index (κ1) is 8.85. The zero-order valence-corrected chi connectivity index (χ0v) is 7.52. The van der Waals surface area contributed by atoms with Gasteiger partial charge in [0.2, 0.25) is 23.6 Å². The molecule has 0 fully saturated rings. The first-order valence-corrected chi connectivity index (χ1v) is 4.09. The minimum absolute atomic E-state index is 0.660. The number of rotatable bonds is 3. The Bertz CT molecular complexity index is 199. The van der Waals surface area contributed by atoms with Gasteiger partial charge in [-0.05, 0) is 5.56 Å². The average Bonchev–Trinajstić information content (AvgIpc) is 2.03. The first-order chi connectivity index (χ1) is 5.29. The summed E-state index contributed by atoms with van der Waals surface area (Å²) in [4.78, 5) is 0. The fraction of sp³-hybridized carbons (Fsp3) is 0.250. The van der Waals surface area contributed by atoms with Crippen molar-refractivity contribution in [2.75, 3.05) is 6.54 Å². The van der Waals surface area contributed by atoms with Gasteiger partial charge in [-0.1, -0.05) is 30.3 Å².